The number of rotatable bonds is 7. The first-order valence-corrected chi connectivity index (χ1v) is 8.39. The first kappa shape index (κ1) is 22.0. The molecule has 1 atom stereocenters. The highest BCUT2D eigenvalue weighted by atomic mass is 79.9. The Labute approximate surface area is 155 Å². The fraction of sp³-hybridized carbons (Fsp3) is 0.625. The molecule has 1 fully saturated rings. The second-order valence-corrected chi connectivity index (χ2v) is 6.16. The lowest BCUT2D eigenvalue weighted by Crippen LogP contribution is -2.37. The minimum absolute atomic E-state index is 0. The minimum Gasteiger partial charge on any atom is -0.494 e. The molecule has 1 saturated heterocycles. The van der Waals surface area contributed by atoms with Crippen molar-refractivity contribution in [3.8, 4) is 5.75 Å². The Morgan fingerprint density at radius 2 is 2.09 bits per heavy atom. The summed E-state index contributed by atoms with van der Waals surface area (Å²) in [5, 5.41) is 3.59. The molecule has 0 spiro atoms. The van der Waals surface area contributed by atoms with Crippen molar-refractivity contribution in [2.45, 2.75) is 39.3 Å². The van der Waals surface area contributed by atoms with E-state index in [1.165, 1.54) is 24.9 Å². The molecule has 0 aliphatic carbocycles. The smallest absolute Gasteiger partial charge is 0.123 e. The van der Waals surface area contributed by atoms with Crippen LogP contribution in [-0.2, 0) is 6.54 Å². The largest absolute Gasteiger partial charge is 0.494 e. The Morgan fingerprint density at radius 3 is 2.77 bits per heavy atom. The molecule has 1 heterocycles. The summed E-state index contributed by atoms with van der Waals surface area (Å²) < 4.78 is 6.79. The number of ether oxygens (including phenoxy) is 1. The Balaban J connectivity index is 0.00000220. The van der Waals surface area contributed by atoms with Gasteiger partial charge in [-0.15, -0.1) is 24.8 Å². The SMILES string of the molecule is CCOc1ccc(Br)cc1CNCC1CCCN1CC.Cl.Cl. The maximum Gasteiger partial charge on any atom is 0.123 e. The van der Waals surface area contributed by atoms with Gasteiger partial charge in [-0.05, 0) is 51.1 Å². The number of likely N-dealkylation sites (N-methyl/N-ethyl adjacent to an activating group) is 1. The third-order valence-electron chi connectivity index (χ3n) is 3.92. The van der Waals surface area contributed by atoms with Crippen LogP contribution in [0.25, 0.3) is 0 Å². The molecule has 1 aliphatic heterocycles. The van der Waals surface area contributed by atoms with E-state index in [0.29, 0.717) is 12.6 Å². The highest BCUT2D eigenvalue weighted by Gasteiger charge is 2.22. The van der Waals surface area contributed by atoms with Crippen molar-refractivity contribution >= 4 is 40.7 Å². The van der Waals surface area contributed by atoms with E-state index in [9.17, 15) is 0 Å². The van der Waals surface area contributed by atoms with E-state index < -0.39 is 0 Å². The Morgan fingerprint density at radius 1 is 1.32 bits per heavy atom. The number of hydrogen-bond donors (Lipinski definition) is 1. The average Bonchev–Trinajstić information content (AvgIpc) is 2.89. The number of likely N-dealkylation sites (tertiary alicyclic amines) is 1. The van der Waals surface area contributed by atoms with Crippen LogP contribution in [0.4, 0.5) is 0 Å². The van der Waals surface area contributed by atoms with Crippen molar-refractivity contribution in [1.29, 1.82) is 0 Å². The zero-order chi connectivity index (χ0) is 14.4. The van der Waals surface area contributed by atoms with Crippen molar-refractivity contribution in [3.63, 3.8) is 0 Å². The van der Waals surface area contributed by atoms with Gasteiger partial charge >= 0.3 is 0 Å². The van der Waals surface area contributed by atoms with Crippen LogP contribution in [0.15, 0.2) is 22.7 Å². The van der Waals surface area contributed by atoms with E-state index in [2.05, 4.69) is 39.1 Å². The van der Waals surface area contributed by atoms with Crippen molar-refractivity contribution in [1.82, 2.24) is 10.2 Å². The summed E-state index contributed by atoms with van der Waals surface area (Å²) in [6, 6.07) is 6.91. The Kier molecular flexibility index (Phi) is 11.5. The predicted molar refractivity (Wildman–Crippen MR) is 102 cm³/mol. The number of nitrogens with one attached hydrogen (secondary N) is 1. The molecule has 1 aromatic carbocycles. The van der Waals surface area contributed by atoms with Gasteiger partial charge < -0.3 is 10.1 Å². The summed E-state index contributed by atoms with van der Waals surface area (Å²) in [7, 11) is 0. The van der Waals surface area contributed by atoms with Gasteiger partial charge in [0.25, 0.3) is 0 Å². The van der Waals surface area contributed by atoms with Crippen LogP contribution in [0.3, 0.4) is 0 Å². The fourth-order valence-corrected chi connectivity index (χ4v) is 3.31. The summed E-state index contributed by atoms with van der Waals surface area (Å²) in [4.78, 5) is 2.57. The monoisotopic (exact) mass is 412 g/mol. The summed E-state index contributed by atoms with van der Waals surface area (Å²) in [6.45, 7) is 9.32. The molecule has 1 N–H and O–H groups in total. The number of benzene rings is 1. The van der Waals surface area contributed by atoms with Crippen molar-refractivity contribution < 1.29 is 4.74 Å². The van der Waals surface area contributed by atoms with Crippen LogP contribution in [0.5, 0.6) is 5.75 Å². The molecule has 0 radical (unpaired) electrons. The second kappa shape index (κ2) is 11.5. The van der Waals surface area contributed by atoms with E-state index in [-0.39, 0.29) is 24.8 Å². The lowest BCUT2D eigenvalue weighted by atomic mass is 10.2. The third kappa shape index (κ3) is 6.25. The molecule has 0 aromatic heterocycles. The van der Waals surface area contributed by atoms with E-state index in [0.717, 1.165) is 29.9 Å². The maximum absolute atomic E-state index is 5.69. The summed E-state index contributed by atoms with van der Waals surface area (Å²) >= 11 is 3.53. The Hall–Kier alpha value is -0.000000000000000222. The number of hydrogen-bond acceptors (Lipinski definition) is 3. The predicted octanol–water partition coefficient (Wildman–Crippen LogP) is 4.27. The topological polar surface area (TPSA) is 24.5 Å². The molecule has 128 valence electrons. The van der Waals surface area contributed by atoms with E-state index >= 15 is 0 Å². The van der Waals surface area contributed by atoms with Gasteiger partial charge in [0.1, 0.15) is 5.75 Å². The van der Waals surface area contributed by atoms with Gasteiger partial charge in [-0.25, -0.2) is 0 Å². The first-order chi connectivity index (χ1) is 9.74. The van der Waals surface area contributed by atoms with Crippen LogP contribution in [0.2, 0.25) is 0 Å². The molecule has 0 amide bonds. The van der Waals surface area contributed by atoms with E-state index in [1.54, 1.807) is 0 Å². The molecular weight excluding hydrogens is 387 g/mol. The summed E-state index contributed by atoms with van der Waals surface area (Å²) in [5.41, 5.74) is 1.22. The van der Waals surface area contributed by atoms with Crippen LogP contribution in [-0.4, -0.2) is 37.2 Å². The average molecular weight is 414 g/mol. The van der Waals surface area contributed by atoms with E-state index in [4.69, 9.17) is 4.74 Å². The van der Waals surface area contributed by atoms with Gasteiger partial charge in [-0.2, -0.15) is 0 Å². The maximum atomic E-state index is 5.69. The summed E-state index contributed by atoms with van der Waals surface area (Å²) in [6.07, 6.45) is 2.65. The number of halogens is 3. The quantitative estimate of drug-likeness (QED) is 0.722. The van der Waals surface area contributed by atoms with Gasteiger partial charge in [0.15, 0.2) is 0 Å². The second-order valence-electron chi connectivity index (χ2n) is 5.24. The molecule has 1 aromatic rings. The van der Waals surface area contributed by atoms with Gasteiger partial charge in [0.2, 0.25) is 0 Å². The highest BCUT2D eigenvalue weighted by Crippen LogP contribution is 2.23. The lowest BCUT2D eigenvalue weighted by molar-refractivity contribution is 0.259. The van der Waals surface area contributed by atoms with E-state index in [1.807, 2.05) is 19.1 Å². The molecular formula is C16H27BrCl2N2O. The minimum atomic E-state index is 0. The molecule has 22 heavy (non-hydrogen) atoms. The number of nitrogens with zero attached hydrogens (tertiary/aromatic N) is 1. The first-order valence-electron chi connectivity index (χ1n) is 7.60. The van der Waals surface area contributed by atoms with Crippen LogP contribution in [0.1, 0.15) is 32.3 Å². The van der Waals surface area contributed by atoms with Crippen molar-refractivity contribution in [2.24, 2.45) is 0 Å². The van der Waals surface area contributed by atoms with Crippen molar-refractivity contribution in [3.05, 3.63) is 28.2 Å². The Bertz CT molecular complexity index is 435. The zero-order valence-electron chi connectivity index (χ0n) is 13.3. The van der Waals surface area contributed by atoms with Crippen LogP contribution < -0.4 is 10.1 Å². The third-order valence-corrected chi connectivity index (χ3v) is 4.42. The van der Waals surface area contributed by atoms with Crippen molar-refractivity contribution in [2.75, 3.05) is 26.2 Å². The molecule has 3 nitrogen and oxygen atoms in total. The summed E-state index contributed by atoms with van der Waals surface area (Å²) in [5.74, 6) is 0.988. The standard InChI is InChI=1S/C16H25BrN2O.2ClH/c1-3-19-9-5-6-15(19)12-18-11-13-10-14(17)7-8-16(13)20-4-2;;/h7-8,10,15,18H,3-6,9,11-12H2,1-2H3;2*1H. The molecule has 1 aliphatic rings. The van der Waals surface area contributed by atoms with Gasteiger partial charge in [0.05, 0.1) is 6.61 Å². The highest BCUT2D eigenvalue weighted by molar-refractivity contribution is 9.10. The molecule has 6 heteroatoms. The normalized spacial score (nSPS) is 17.7. The fourth-order valence-electron chi connectivity index (χ4n) is 2.90. The zero-order valence-corrected chi connectivity index (χ0v) is 16.5. The van der Waals surface area contributed by atoms with Crippen LogP contribution >= 0.6 is 40.7 Å². The molecule has 0 bridgehead atoms. The molecule has 2 rings (SSSR count). The lowest BCUT2D eigenvalue weighted by Gasteiger charge is -2.23. The van der Waals surface area contributed by atoms with Crippen LogP contribution in [0, 0.1) is 0 Å². The van der Waals surface area contributed by atoms with Gasteiger partial charge in [-0.1, -0.05) is 22.9 Å². The molecule has 1 unspecified atom stereocenters. The van der Waals surface area contributed by atoms with Gasteiger partial charge in [-0.3, -0.25) is 4.90 Å². The van der Waals surface area contributed by atoms with Gasteiger partial charge in [0, 0.05) is 29.2 Å². The molecule has 0 saturated carbocycles.